The summed E-state index contributed by atoms with van der Waals surface area (Å²) in [5.41, 5.74) is 2.49. The number of unbranched alkanes of at least 4 members (excludes halogenated alkanes) is 4. The van der Waals surface area contributed by atoms with Gasteiger partial charge in [0.1, 0.15) is 0 Å². The van der Waals surface area contributed by atoms with Crippen LogP contribution in [0.2, 0.25) is 0 Å². The fourth-order valence-corrected chi connectivity index (χ4v) is 8.16. The number of rotatable bonds is 15. The second kappa shape index (κ2) is 15.9. The molecule has 2 aromatic carbocycles. The molecule has 3 aliphatic heterocycles. The fourth-order valence-electron chi connectivity index (χ4n) is 8.16. The standard InChI is InChI=1S/C38H50N2O8/c1-6-26-24-39-20-18-38(34(39)23-28(26)29(25-44-2)36(42)47-5)30-14-10-11-15-31(30)40(37(38)43)19-12-8-7-9-13-21-48-35(41)27-16-17-32(45-3)33(22-27)46-4/h10-11,14-17,22,25-26,28,34H,6-9,12-13,18-21,23-24H2,1-5H3/b29-25+/t26-,28-,34?,38+/m0/s1. The van der Waals surface area contributed by atoms with Crippen molar-refractivity contribution in [2.24, 2.45) is 11.8 Å². The van der Waals surface area contributed by atoms with E-state index in [2.05, 4.69) is 24.0 Å². The van der Waals surface area contributed by atoms with Crippen molar-refractivity contribution in [2.45, 2.75) is 69.7 Å². The predicted octanol–water partition coefficient (Wildman–Crippen LogP) is 5.92. The van der Waals surface area contributed by atoms with Crippen molar-refractivity contribution in [1.29, 1.82) is 0 Å². The first-order valence-electron chi connectivity index (χ1n) is 17.2. The lowest BCUT2D eigenvalue weighted by atomic mass is 9.67. The Hall–Kier alpha value is -4.05. The molecule has 0 aromatic heterocycles. The van der Waals surface area contributed by atoms with Crippen molar-refractivity contribution in [3.05, 3.63) is 65.4 Å². The number of nitrogens with zero attached hydrogens (tertiary/aromatic N) is 2. The van der Waals surface area contributed by atoms with Gasteiger partial charge in [0, 0.05) is 24.8 Å². The quantitative estimate of drug-likeness (QED) is 0.0995. The molecule has 3 heterocycles. The van der Waals surface area contributed by atoms with Gasteiger partial charge in [-0.05, 0) is 73.9 Å². The highest BCUT2D eigenvalue weighted by molar-refractivity contribution is 6.09. The molecule has 1 spiro atoms. The summed E-state index contributed by atoms with van der Waals surface area (Å²) in [6.45, 7) is 4.87. The molecule has 10 heteroatoms. The Kier molecular flexibility index (Phi) is 11.7. The van der Waals surface area contributed by atoms with Gasteiger partial charge in [0.05, 0.1) is 57.9 Å². The minimum absolute atomic E-state index is 0.00410. The highest BCUT2D eigenvalue weighted by Gasteiger charge is 2.62. The molecule has 10 nitrogen and oxygen atoms in total. The van der Waals surface area contributed by atoms with E-state index in [1.54, 1.807) is 32.4 Å². The first-order valence-corrected chi connectivity index (χ1v) is 17.2. The van der Waals surface area contributed by atoms with E-state index in [-0.39, 0.29) is 35.7 Å². The van der Waals surface area contributed by atoms with Gasteiger partial charge in [-0.15, -0.1) is 0 Å². The number of esters is 2. The number of ether oxygens (including phenoxy) is 5. The molecule has 2 aromatic rings. The topological polar surface area (TPSA) is 104 Å². The number of piperidine rings is 1. The molecule has 0 radical (unpaired) electrons. The second-order valence-electron chi connectivity index (χ2n) is 13.0. The molecular formula is C38H50N2O8. The van der Waals surface area contributed by atoms with Crippen LogP contribution in [0.25, 0.3) is 0 Å². The molecule has 0 N–H and O–H groups in total. The molecule has 4 atom stereocenters. The van der Waals surface area contributed by atoms with Crippen molar-refractivity contribution in [1.82, 2.24) is 4.90 Å². The van der Waals surface area contributed by atoms with Crippen LogP contribution in [-0.4, -0.2) is 83.5 Å². The molecule has 3 aliphatic rings. The molecule has 0 bridgehead atoms. The molecule has 2 saturated heterocycles. The average Bonchev–Trinajstić information content (AvgIpc) is 3.61. The monoisotopic (exact) mass is 662 g/mol. The van der Waals surface area contributed by atoms with Crippen LogP contribution >= 0.6 is 0 Å². The summed E-state index contributed by atoms with van der Waals surface area (Å²) in [6.07, 6.45) is 8.50. The highest BCUT2D eigenvalue weighted by Crippen LogP contribution is 2.55. The van der Waals surface area contributed by atoms with E-state index in [9.17, 15) is 14.4 Å². The normalized spacial score (nSPS) is 23.5. The largest absolute Gasteiger partial charge is 0.504 e. The highest BCUT2D eigenvalue weighted by atomic mass is 16.5. The smallest absolute Gasteiger partial charge is 0.338 e. The third-order valence-electron chi connectivity index (χ3n) is 10.6. The lowest BCUT2D eigenvalue weighted by Crippen LogP contribution is -2.55. The van der Waals surface area contributed by atoms with Crippen LogP contribution in [0.3, 0.4) is 0 Å². The van der Waals surface area contributed by atoms with Gasteiger partial charge >= 0.3 is 11.9 Å². The molecular weight excluding hydrogens is 612 g/mol. The maximum atomic E-state index is 14.6. The van der Waals surface area contributed by atoms with Crippen LogP contribution in [0.5, 0.6) is 11.5 Å². The van der Waals surface area contributed by atoms with Crippen LogP contribution in [0.15, 0.2) is 54.3 Å². The number of para-hydroxylation sites is 1. The zero-order chi connectivity index (χ0) is 34.3. The maximum Gasteiger partial charge on any atom is 0.338 e. The first-order chi connectivity index (χ1) is 23.3. The number of amides is 1. The Morgan fingerprint density at radius 3 is 2.44 bits per heavy atom. The minimum atomic E-state index is -0.625. The summed E-state index contributed by atoms with van der Waals surface area (Å²) in [6, 6.07) is 13.2. The SMILES string of the molecule is CC[C@H]1CN2CC[C@]3(C(=O)N(CCCCCCCOC(=O)c4ccc(OC)c(OC)c4)c4ccccc43)C2C[C@@H]1/C(=C\OC)C(=O)OC. The summed E-state index contributed by atoms with van der Waals surface area (Å²) in [5.74, 6) is 0.708. The van der Waals surface area contributed by atoms with E-state index in [0.717, 1.165) is 69.3 Å². The predicted molar refractivity (Wildman–Crippen MR) is 182 cm³/mol. The van der Waals surface area contributed by atoms with Gasteiger partial charge in [-0.25, -0.2) is 9.59 Å². The maximum absolute atomic E-state index is 14.6. The van der Waals surface area contributed by atoms with Gasteiger partial charge < -0.3 is 28.6 Å². The lowest BCUT2D eigenvalue weighted by Gasteiger charge is -2.45. The molecule has 48 heavy (non-hydrogen) atoms. The Labute approximate surface area is 284 Å². The lowest BCUT2D eigenvalue weighted by molar-refractivity contribution is -0.137. The van der Waals surface area contributed by atoms with Gasteiger partial charge in [-0.3, -0.25) is 9.69 Å². The van der Waals surface area contributed by atoms with Crippen molar-refractivity contribution < 1.29 is 38.1 Å². The number of hydrogen-bond donors (Lipinski definition) is 0. The summed E-state index contributed by atoms with van der Waals surface area (Å²) in [5, 5.41) is 0. The molecule has 1 unspecified atom stereocenters. The zero-order valence-corrected chi connectivity index (χ0v) is 29.0. The van der Waals surface area contributed by atoms with Crippen molar-refractivity contribution in [3.8, 4) is 11.5 Å². The average molecular weight is 663 g/mol. The van der Waals surface area contributed by atoms with E-state index in [4.69, 9.17) is 23.7 Å². The van der Waals surface area contributed by atoms with E-state index in [0.29, 0.717) is 42.2 Å². The van der Waals surface area contributed by atoms with Gasteiger partial charge in [0.2, 0.25) is 5.91 Å². The summed E-state index contributed by atoms with van der Waals surface area (Å²) in [4.78, 5) is 44.4. The number of fused-ring (bicyclic) bond motifs is 4. The molecule has 0 saturated carbocycles. The number of methoxy groups -OCH3 is 4. The van der Waals surface area contributed by atoms with Crippen LogP contribution in [0.4, 0.5) is 5.69 Å². The summed E-state index contributed by atoms with van der Waals surface area (Å²) >= 11 is 0. The Morgan fingerprint density at radius 2 is 1.71 bits per heavy atom. The van der Waals surface area contributed by atoms with Gasteiger partial charge in [-0.1, -0.05) is 50.8 Å². The Morgan fingerprint density at radius 1 is 0.958 bits per heavy atom. The van der Waals surface area contributed by atoms with Crippen LogP contribution in [0, 0.1) is 11.8 Å². The molecule has 1 amide bonds. The zero-order valence-electron chi connectivity index (χ0n) is 29.0. The first kappa shape index (κ1) is 35.3. The van der Waals surface area contributed by atoms with Crippen LogP contribution in [-0.2, 0) is 29.2 Å². The fraction of sp³-hybridized carbons (Fsp3) is 0.553. The second-order valence-corrected chi connectivity index (χ2v) is 13.0. The number of hydrogen-bond acceptors (Lipinski definition) is 9. The summed E-state index contributed by atoms with van der Waals surface area (Å²) in [7, 11) is 6.05. The molecule has 260 valence electrons. The third kappa shape index (κ3) is 6.77. The number of carbonyl (C=O) groups is 3. The Bertz CT molecular complexity index is 1490. The van der Waals surface area contributed by atoms with E-state index < -0.39 is 5.41 Å². The summed E-state index contributed by atoms with van der Waals surface area (Å²) < 4.78 is 26.5. The van der Waals surface area contributed by atoms with Gasteiger partial charge in [-0.2, -0.15) is 0 Å². The number of anilines is 1. The molecule has 0 aliphatic carbocycles. The van der Waals surface area contributed by atoms with Crippen molar-refractivity contribution >= 4 is 23.5 Å². The minimum Gasteiger partial charge on any atom is -0.504 e. The van der Waals surface area contributed by atoms with E-state index >= 15 is 0 Å². The van der Waals surface area contributed by atoms with Crippen LogP contribution < -0.4 is 14.4 Å². The van der Waals surface area contributed by atoms with Crippen LogP contribution in [0.1, 0.15) is 74.2 Å². The van der Waals surface area contributed by atoms with Crippen molar-refractivity contribution in [3.63, 3.8) is 0 Å². The Balaban J connectivity index is 1.17. The number of carbonyl (C=O) groups excluding carboxylic acids is 3. The van der Waals surface area contributed by atoms with Gasteiger partial charge in [0.25, 0.3) is 0 Å². The van der Waals surface area contributed by atoms with E-state index in [1.807, 2.05) is 17.0 Å². The van der Waals surface area contributed by atoms with Gasteiger partial charge in [0.15, 0.2) is 11.5 Å². The number of benzene rings is 2. The molecule has 5 rings (SSSR count). The van der Waals surface area contributed by atoms with Crippen molar-refractivity contribution in [2.75, 3.05) is 59.6 Å². The molecule has 2 fully saturated rings. The third-order valence-corrected chi connectivity index (χ3v) is 10.6. The van der Waals surface area contributed by atoms with E-state index in [1.165, 1.54) is 20.5 Å².